The van der Waals surface area contributed by atoms with Crippen molar-refractivity contribution in [3.8, 4) is 0 Å². The summed E-state index contributed by atoms with van der Waals surface area (Å²) in [6.45, 7) is 1.84. The van der Waals surface area contributed by atoms with Crippen molar-refractivity contribution in [1.29, 1.82) is 0 Å². The van der Waals surface area contributed by atoms with Gasteiger partial charge in [0, 0.05) is 10.6 Å². The summed E-state index contributed by atoms with van der Waals surface area (Å²) in [5, 5.41) is 2.25. The number of nitrogens with two attached hydrogens (primary N) is 1. The van der Waals surface area contributed by atoms with Crippen LogP contribution in [0, 0.1) is 6.92 Å². The molecular formula is C12H11N3O2S. The van der Waals surface area contributed by atoms with Crippen molar-refractivity contribution in [2.24, 2.45) is 0 Å². The molecule has 92 valence electrons. The van der Waals surface area contributed by atoms with Gasteiger partial charge in [-0.25, -0.2) is 0 Å². The van der Waals surface area contributed by atoms with E-state index in [4.69, 9.17) is 5.73 Å². The molecule has 2 rings (SSSR count). The number of nitrogens with one attached hydrogen (secondary N) is 1. The highest BCUT2D eigenvalue weighted by Crippen LogP contribution is 2.11. The summed E-state index contributed by atoms with van der Waals surface area (Å²) in [4.78, 5) is 24.5. The van der Waals surface area contributed by atoms with Crippen LogP contribution in [-0.2, 0) is 0 Å². The Morgan fingerprint density at radius 1 is 1.28 bits per heavy atom. The third-order valence-corrected chi connectivity index (χ3v) is 2.99. The van der Waals surface area contributed by atoms with E-state index in [1.54, 1.807) is 30.3 Å². The molecule has 18 heavy (non-hydrogen) atoms. The van der Waals surface area contributed by atoms with Gasteiger partial charge in [0.1, 0.15) is 5.69 Å². The first-order chi connectivity index (χ1) is 8.58. The molecule has 0 aliphatic rings. The molecule has 1 heterocycles. The number of hydrogen-bond donors (Lipinski definition) is 2. The Morgan fingerprint density at radius 2 is 2.00 bits per heavy atom. The van der Waals surface area contributed by atoms with Gasteiger partial charge in [0.05, 0.1) is 5.56 Å². The molecule has 0 aliphatic heterocycles. The van der Waals surface area contributed by atoms with Crippen LogP contribution in [0.4, 0.5) is 5.69 Å². The molecule has 0 atom stereocenters. The lowest BCUT2D eigenvalue weighted by Crippen LogP contribution is -2.31. The van der Waals surface area contributed by atoms with Crippen LogP contribution in [0.2, 0.25) is 0 Å². The summed E-state index contributed by atoms with van der Waals surface area (Å²) >= 11 is 1.21. The maximum atomic E-state index is 11.8. The van der Waals surface area contributed by atoms with E-state index in [1.165, 1.54) is 11.5 Å². The fraction of sp³-hybridized carbons (Fsp3) is 0.0833. The van der Waals surface area contributed by atoms with Crippen LogP contribution in [0.3, 0.4) is 0 Å². The quantitative estimate of drug-likeness (QED) is 0.635. The average Bonchev–Trinajstić information content (AvgIpc) is 2.76. The van der Waals surface area contributed by atoms with Crippen LogP contribution in [-0.4, -0.2) is 16.2 Å². The van der Waals surface area contributed by atoms with Crippen molar-refractivity contribution in [1.82, 2.24) is 9.69 Å². The fourth-order valence-electron chi connectivity index (χ4n) is 1.41. The van der Waals surface area contributed by atoms with Gasteiger partial charge in [0.25, 0.3) is 11.8 Å². The molecule has 0 saturated carbocycles. The lowest BCUT2D eigenvalue weighted by Gasteiger charge is -2.04. The highest BCUT2D eigenvalue weighted by molar-refractivity contribution is 7.05. The van der Waals surface area contributed by atoms with Gasteiger partial charge in [0.15, 0.2) is 0 Å². The molecule has 0 spiro atoms. The molecule has 0 radical (unpaired) electrons. The van der Waals surface area contributed by atoms with Crippen LogP contribution in [0.5, 0.6) is 0 Å². The number of carbonyl (C=O) groups is 2. The number of carbonyl (C=O) groups excluding carboxylic acids is 2. The number of benzene rings is 1. The van der Waals surface area contributed by atoms with E-state index in [1.807, 2.05) is 6.92 Å². The zero-order chi connectivity index (χ0) is 13.1. The maximum absolute atomic E-state index is 11.8. The first kappa shape index (κ1) is 12.3. The molecule has 2 aromatic rings. The zero-order valence-electron chi connectivity index (χ0n) is 9.64. The van der Waals surface area contributed by atoms with Crippen LogP contribution in [0.25, 0.3) is 0 Å². The third kappa shape index (κ3) is 2.54. The number of rotatable bonds is 2. The first-order valence-corrected chi connectivity index (χ1v) is 5.99. The van der Waals surface area contributed by atoms with Gasteiger partial charge in [-0.1, -0.05) is 12.1 Å². The summed E-state index contributed by atoms with van der Waals surface area (Å²) in [7, 11) is 0. The zero-order valence-corrected chi connectivity index (χ0v) is 10.5. The highest BCUT2D eigenvalue weighted by atomic mass is 32.1. The second-order valence-electron chi connectivity index (χ2n) is 3.69. The first-order valence-electron chi connectivity index (χ1n) is 5.21. The van der Waals surface area contributed by atoms with Crippen LogP contribution < -0.4 is 11.1 Å². The molecule has 3 N–H and O–H groups in total. The Morgan fingerprint density at radius 3 is 2.61 bits per heavy atom. The Kier molecular flexibility index (Phi) is 3.38. The van der Waals surface area contributed by atoms with E-state index in [2.05, 4.69) is 9.69 Å². The lowest BCUT2D eigenvalue weighted by molar-refractivity contribution is 0.0847. The number of anilines is 1. The predicted octanol–water partition coefficient (Wildman–Crippen LogP) is 1.60. The molecule has 0 fully saturated rings. The predicted molar refractivity (Wildman–Crippen MR) is 69.5 cm³/mol. The number of amides is 2. The highest BCUT2D eigenvalue weighted by Gasteiger charge is 2.15. The number of aryl methyl sites for hydroxylation is 1. The van der Waals surface area contributed by atoms with E-state index in [9.17, 15) is 9.59 Å². The minimum Gasteiger partial charge on any atom is -0.398 e. The van der Waals surface area contributed by atoms with Crippen molar-refractivity contribution in [2.45, 2.75) is 6.92 Å². The van der Waals surface area contributed by atoms with Crippen molar-refractivity contribution in [2.75, 3.05) is 5.73 Å². The summed E-state index contributed by atoms with van der Waals surface area (Å²) in [6, 6.07) is 8.19. The summed E-state index contributed by atoms with van der Waals surface area (Å²) in [5.74, 6) is -1.05. The Hall–Kier alpha value is -2.21. The molecule has 2 amide bonds. The van der Waals surface area contributed by atoms with Crippen LogP contribution in [0.1, 0.15) is 25.7 Å². The minimum absolute atomic E-state index is 0.236. The molecule has 1 aromatic heterocycles. The normalized spacial score (nSPS) is 10.1. The Labute approximate surface area is 108 Å². The van der Waals surface area contributed by atoms with Gasteiger partial charge < -0.3 is 5.73 Å². The van der Waals surface area contributed by atoms with E-state index >= 15 is 0 Å². The summed E-state index contributed by atoms with van der Waals surface area (Å²) in [6.07, 6.45) is 0. The lowest BCUT2D eigenvalue weighted by atomic mass is 10.1. The van der Waals surface area contributed by atoms with Gasteiger partial charge in [-0.15, -0.1) is 0 Å². The monoisotopic (exact) mass is 261 g/mol. The SMILES string of the molecule is Cc1cc(C(=O)NC(=O)c2ccccc2N)ns1. The minimum atomic E-state index is -0.524. The van der Waals surface area contributed by atoms with Crippen LogP contribution >= 0.6 is 11.5 Å². The fourth-order valence-corrected chi connectivity index (χ4v) is 1.95. The molecule has 5 nitrogen and oxygen atoms in total. The topological polar surface area (TPSA) is 85.1 Å². The van der Waals surface area contributed by atoms with Crippen molar-refractivity contribution < 1.29 is 9.59 Å². The van der Waals surface area contributed by atoms with E-state index in [-0.39, 0.29) is 11.3 Å². The largest absolute Gasteiger partial charge is 0.398 e. The Balaban J connectivity index is 2.13. The molecule has 1 aromatic carbocycles. The van der Waals surface area contributed by atoms with Crippen molar-refractivity contribution in [3.05, 3.63) is 46.5 Å². The van der Waals surface area contributed by atoms with Gasteiger partial charge in [-0.2, -0.15) is 4.37 Å². The molecule has 6 heteroatoms. The number of aromatic nitrogens is 1. The molecular weight excluding hydrogens is 250 g/mol. The van der Waals surface area contributed by atoms with Gasteiger partial charge in [-0.05, 0) is 36.7 Å². The number of para-hydroxylation sites is 1. The third-order valence-electron chi connectivity index (χ3n) is 2.29. The molecule has 0 bridgehead atoms. The second-order valence-corrected chi connectivity index (χ2v) is 4.70. The number of imide groups is 1. The van der Waals surface area contributed by atoms with Crippen LogP contribution in [0.15, 0.2) is 30.3 Å². The number of nitrogens with zero attached hydrogens (tertiary/aromatic N) is 1. The maximum Gasteiger partial charge on any atom is 0.277 e. The van der Waals surface area contributed by atoms with Crippen molar-refractivity contribution in [3.63, 3.8) is 0 Å². The van der Waals surface area contributed by atoms with E-state index in [0.29, 0.717) is 5.69 Å². The number of hydrogen-bond acceptors (Lipinski definition) is 5. The smallest absolute Gasteiger partial charge is 0.277 e. The second kappa shape index (κ2) is 4.97. The number of nitrogen functional groups attached to an aromatic ring is 1. The van der Waals surface area contributed by atoms with Crippen molar-refractivity contribution >= 4 is 29.0 Å². The summed E-state index contributed by atoms with van der Waals surface area (Å²) < 4.78 is 3.93. The van der Waals surface area contributed by atoms with E-state index < -0.39 is 11.8 Å². The van der Waals surface area contributed by atoms with Gasteiger partial charge in [-0.3, -0.25) is 14.9 Å². The summed E-state index contributed by atoms with van der Waals surface area (Å²) in [5.41, 5.74) is 6.50. The Bertz CT molecular complexity index is 607. The standard InChI is InChI=1S/C12H11N3O2S/c1-7-6-10(15-18-7)12(17)14-11(16)8-4-2-3-5-9(8)13/h2-6H,13H2,1H3,(H,14,16,17). The van der Waals surface area contributed by atoms with Gasteiger partial charge >= 0.3 is 0 Å². The molecule has 0 unspecified atom stereocenters. The molecule has 0 aliphatic carbocycles. The van der Waals surface area contributed by atoms with Gasteiger partial charge in [0.2, 0.25) is 0 Å². The molecule has 0 saturated heterocycles. The average molecular weight is 261 g/mol. The van der Waals surface area contributed by atoms with E-state index in [0.717, 1.165) is 4.88 Å².